The number of nitrogens with zero attached hydrogens (tertiary/aromatic N) is 3. The zero-order chi connectivity index (χ0) is 18.5. The first-order valence-electron chi connectivity index (χ1n) is 8.26. The van der Waals surface area contributed by atoms with E-state index in [9.17, 15) is 13.6 Å². The van der Waals surface area contributed by atoms with Crippen LogP contribution in [0.15, 0.2) is 66.7 Å². The number of alkyl halides is 2. The van der Waals surface area contributed by atoms with Gasteiger partial charge in [0.05, 0.1) is 6.54 Å². The van der Waals surface area contributed by atoms with Crippen LogP contribution >= 0.6 is 0 Å². The first kappa shape index (κ1) is 17.8. The zero-order valence-corrected chi connectivity index (χ0v) is 14.3. The van der Waals surface area contributed by atoms with E-state index in [2.05, 4.69) is 5.10 Å². The number of aromatic nitrogens is 2. The molecule has 0 radical (unpaired) electrons. The van der Waals surface area contributed by atoms with Gasteiger partial charge in [-0.3, -0.25) is 9.48 Å². The molecule has 0 unspecified atom stereocenters. The van der Waals surface area contributed by atoms with Gasteiger partial charge in [-0.15, -0.1) is 0 Å². The highest BCUT2D eigenvalue weighted by atomic mass is 19.3. The summed E-state index contributed by atoms with van der Waals surface area (Å²) in [6.07, 6.45) is -2.65. The van der Waals surface area contributed by atoms with Gasteiger partial charge in [0, 0.05) is 11.4 Å². The van der Waals surface area contributed by atoms with Crippen molar-refractivity contribution in [2.75, 3.05) is 4.90 Å². The van der Waals surface area contributed by atoms with Crippen LogP contribution < -0.4 is 4.90 Å². The van der Waals surface area contributed by atoms with E-state index in [4.69, 9.17) is 0 Å². The Morgan fingerprint density at radius 1 is 1.08 bits per heavy atom. The lowest BCUT2D eigenvalue weighted by molar-refractivity contribution is -0.119. The molecule has 1 heterocycles. The van der Waals surface area contributed by atoms with Crippen LogP contribution in [0.25, 0.3) is 0 Å². The van der Waals surface area contributed by atoms with Crippen LogP contribution in [0.4, 0.5) is 14.5 Å². The second kappa shape index (κ2) is 7.91. The fourth-order valence-electron chi connectivity index (χ4n) is 2.71. The number of aryl methyl sites for hydroxylation is 1. The van der Waals surface area contributed by atoms with Gasteiger partial charge in [0.25, 0.3) is 6.43 Å². The average molecular weight is 355 g/mol. The lowest BCUT2D eigenvalue weighted by Crippen LogP contribution is -2.34. The molecule has 0 aliphatic carbocycles. The number of benzene rings is 2. The number of carbonyl (C=O) groups excluding carboxylic acids is 1. The number of halogens is 2. The van der Waals surface area contributed by atoms with Gasteiger partial charge in [-0.25, -0.2) is 8.78 Å². The predicted octanol–water partition coefficient (Wildman–Crippen LogP) is 4.36. The van der Waals surface area contributed by atoms with Crippen molar-refractivity contribution in [3.63, 3.8) is 0 Å². The van der Waals surface area contributed by atoms with Gasteiger partial charge in [0.2, 0.25) is 5.91 Å². The maximum absolute atomic E-state index is 12.9. The first-order chi connectivity index (χ1) is 12.5. The maximum Gasteiger partial charge on any atom is 0.282 e. The summed E-state index contributed by atoms with van der Waals surface area (Å²) >= 11 is 0. The van der Waals surface area contributed by atoms with Crippen LogP contribution in [0.1, 0.15) is 23.4 Å². The number of hydrogen-bond donors (Lipinski definition) is 0. The zero-order valence-electron chi connectivity index (χ0n) is 14.3. The number of para-hydroxylation sites is 1. The smallest absolute Gasteiger partial charge is 0.282 e. The Bertz CT molecular complexity index is 863. The molecule has 3 rings (SSSR count). The van der Waals surface area contributed by atoms with E-state index in [-0.39, 0.29) is 18.1 Å². The molecule has 0 spiro atoms. The molecule has 0 aliphatic rings. The summed E-state index contributed by atoms with van der Waals surface area (Å²) in [4.78, 5) is 14.6. The Morgan fingerprint density at radius 2 is 1.69 bits per heavy atom. The molecule has 0 aliphatic heterocycles. The van der Waals surface area contributed by atoms with Gasteiger partial charge < -0.3 is 4.90 Å². The highest BCUT2D eigenvalue weighted by molar-refractivity contribution is 5.93. The van der Waals surface area contributed by atoms with Crippen LogP contribution in [0.3, 0.4) is 0 Å². The number of carbonyl (C=O) groups is 1. The number of hydrogen-bond acceptors (Lipinski definition) is 2. The van der Waals surface area contributed by atoms with E-state index >= 15 is 0 Å². The molecule has 0 saturated carbocycles. The van der Waals surface area contributed by atoms with Crippen LogP contribution in [0.2, 0.25) is 0 Å². The summed E-state index contributed by atoms with van der Waals surface area (Å²) in [6, 6.07) is 20.2. The summed E-state index contributed by atoms with van der Waals surface area (Å²) < 4.78 is 27.0. The standard InChI is InChI=1S/C20H19F2N3O/c1-15-12-18(20(21)22)23-25(15)14-19(26)24(17-10-6-3-7-11-17)13-16-8-4-2-5-9-16/h2-12,20H,13-14H2,1H3. The van der Waals surface area contributed by atoms with Gasteiger partial charge >= 0.3 is 0 Å². The number of rotatable bonds is 6. The topological polar surface area (TPSA) is 38.1 Å². The highest BCUT2D eigenvalue weighted by Crippen LogP contribution is 2.20. The summed E-state index contributed by atoms with van der Waals surface area (Å²) in [6.45, 7) is 1.96. The van der Waals surface area contributed by atoms with Crippen molar-refractivity contribution in [3.05, 3.63) is 83.7 Å². The minimum Gasteiger partial charge on any atom is -0.306 e. The second-order valence-corrected chi connectivity index (χ2v) is 5.97. The minimum absolute atomic E-state index is 0.0969. The highest BCUT2D eigenvalue weighted by Gasteiger charge is 2.20. The molecular formula is C20H19F2N3O. The third kappa shape index (κ3) is 4.14. The summed E-state index contributed by atoms with van der Waals surface area (Å²) in [5.41, 5.74) is 1.95. The molecular weight excluding hydrogens is 336 g/mol. The lowest BCUT2D eigenvalue weighted by atomic mass is 10.2. The van der Waals surface area contributed by atoms with Gasteiger partial charge in [-0.2, -0.15) is 5.10 Å². The molecule has 0 bridgehead atoms. The second-order valence-electron chi connectivity index (χ2n) is 5.97. The van der Waals surface area contributed by atoms with E-state index < -0.39 is 6.43 Å². The summed E-state index contributed by atoms with van der Waals surface area (Å²) in [5, 5.41) is 3.85. The Morgan fingerprint density at radius 3 is 2.27 bits per heavy atom. The van der Waals surface area contributed by atoms with Crippen LogP contribution in [-0.4, -0.2) is 15.7 Å². The lowest BCUT2D eigenvalue weighted by Gasteiger charge is -2.23. The van der Waals surface area contributed by atoms with Crippen LogP contribution in [0, 0.1) is 6.92 Å². The normalized spacial score (nSPS) is 10.9. The third-order valence-electron chi connectivity index (χ3n) is 4.06. The molecule has 134 valence electrons. The monoisotopic (exact) mass is 355 g/mol. The van der Waals surface area contributed by atoms with E-state index in [1.807, 2.05) is 60.7 Å². The Labute approximate surface area is 150 Å². The van der Waals surface area contributed by atoms with E-state index in [0.717, 1.165) is 11.3 Å². The molecule has 6 heteroatoms. The van der Waals surface area contributed by atoms with Crippen molar-refractivity contribution in [3.8, 4) is 0 Å². The van der Waals surface area contributed by atoms with Crippen LogP contribution in [-0.2, 0) is 17.9 Å². The SMILES string of the molecule is Cc1cc(C(F)F)nn1CC(=O)N(Cc1ccccc1)c1ccccc1. The van der Waals surface area contributed by atoms with Gasteiger partial charge in [-0.1, -0.05) is 48.5 Å². The van der Waals surface area contributed by atoms with Crippen LogP contribution in [0.5, 0.6) is 0 Å². The molecule has 2 aromatic carbocycles. The molecule has 3 aromatic rings. The summed E-state index contributed by atoms with van der Waals surface area (Å²) in [7, 11) is 0. The molecule has 4 nitrogen and oxygen atoms in total. The quantitative estimate of drug-likeness (QED) is 0.659. The fourth-order valence-corrected chi connectivity index (χ4v) is 2.71. The van der Waals surface area contributed by atoms with Gasteiger partial charge in [0.1, 0.15) is 12.2 Å². The predicted molar refractivity (Wildman–Crippen MR) is 96.0 cm³/mol. The molecule has 26 heavy (non-hydrogen) atoms. The Balaban J connectivity index is 1.85. The van der Waals surface area contributed by atoms with Crippen molar-refractivity contribution < 1.29 is 13.6 Å². The number of amides is 1. The van der Waals surface area contributed by atoms with E-state index in [1.54, 1.807) is 11.8 Å². The van der Waals surface area contributed by atoms with Crippen molar-refractivity contribution in [1.82, 2.24) is 9.78 Å². The molecule has 1 amide bonds. The average Bonchev–Trinajstić information content (AvgIpc) is 3.02. The summed E-state index contributed by atoms with van der Waals surface area (Å²) in [5.74, 6) is -0.216. The van der Waals surface area contributed by atoms with Crippen molar-refractivity contribution in [2.24, 2.45) is 0 Å². The Hall–Kier alpha value is -3.02. The molecule has 1 aromatic heterocycles. The molecule has 0 saturated heterocycles. The molecule has 0 N–H and O–H groups in total. The third-order valence-corrected chi connectivity index (χ3v) is 4.06. The number of anilines is 1. The van der Waals surface area contributed by atoms with Crippen molar-refractivity contribution >= 4 is 11.6 Å². The first-order valence-corrected chi connectivity index (χ1v) is 8.26. The largest absolute Gasteiger partial charge is 0.306 e. The van der Waals surface area contributed by atoms with E-state index in [0.29, 0.717) is 12.2 Å². The van der Waals surface area contributed by atoms with Crippen molar-refractivity contribution in [2.45, 2.75) is 26.4 Å². The van der Waals surface area contributed by atoms with Gasteiger partial charge in [-0.05, 0) is 30.7 Å². The van der Waals surface area contributed by atoms with Crippen molar-refractivity contribution in [1.29, 1.82) is 0 Å². The molecule has 0 fully saturated rings. The fraction of sp³-hybridized carbons (Fsp3) is 0.200. The van der Waals surface area contributed by atoms with Gasteiger partial charge in [0.15, 0.2) is 0 Å². The molecule has 0 atom stereocenters. The van der Waals surface area contributed by atoms with E-state index in [1.165, 1.54) is 10.7 Å². The Kier molecular flexibility index (Phi) is 5.41. The minimum atomic E-state index is -2.65. The maximum atomic E-state index is 12.9.